The topological polar surface area (TPSA) is 79.6 Å². The van der Waals surface area contributed by atoms with Crippen LogP contribution >= 0.6 is 0 Å². The maximum Gasteiger partial charge on any atom is 0.325 e. The van der Waals surface area contributed by atoms with Crippen LogP contribution in [0.4, 0.5) is 4.79 Å². The number of nitrogens with zero attached hydrogens (tertiary/aromatic N) is 5. The van der Waals surface area contributed by atoms with E-state index in [1.54, 1.807) is 20.4 Å². The van der Waals surface area contributed by atoms with Crippen molar-refractivity contribution in [2.75, 3.05) is 33.9 Å². The first-order valence-electron chi connectivity index (χ1n) is 13.3. The molecule has 5 heterocycles. The minimum atomic E-state index is -0.415. The first kappa shape index (κ1) is 24.3. The molecule has 3 amide bonds. The molecular weight excluding hydrogens is 482 g/mol. The number of hydrogen-bond donors (Lipinski definition) is 0. The summed E-state index contributed by atoms with van der Waals surface area (Å²) in [6.45, 7) is 4.26. The number of carbonyl (C=O) groups excluding carboxylic acids is 2. The van der Waals surface area contributed by atoms with E-state index in [9.17, 15) is 9.59 Å². The van der Waals surface area contributed by atoms with Crippen LogP contribution in [0, 0.1) is 0 Å². The van der Waals surface area contributed by atoms with Crippen LogP contribution in [0.15, 0.2) is 54.5 Å². The van der Waals surface area contributed by atoms with Gasteiger partial charge in [-0.25, -0.2) is 9.78 Å². The van der Waals surface area contributed by atoms with Gasteiger partial charge in [-0.2, -0.15) is 0 Å². The molecule has 0 radical (unpaired) electrons. The van der Waals surface area contributed by atoms with E-state index in [4.69, 9.17) is 9.47 Å². The third-order valence-corrected chi connectivity index (χ3v) is 8.31. The Morgan fingerprint density at radius 3 is 2.66 bits per heavy atom. The number of imidazole rings is 1. The average molecular weight is 516 g/mol. The summed E-state index contributed by atoms with van der Waals surface area (Å²) in [5, 5.41) is 0. The Morgan fingerprint density at radius 2 is 1.95 bits per heavy atom. The molecule has 3 aromatic rings. The fourth-order valence-corrected chi connectivity index (χ4v) is 6.44. The van der Waals surface area contributed by atoms with Gasteiger partial charge >= 0.3 is 6.03 Å². The molecule has 6 rings (SSSR count). The number of ether oxygens (including phenoxy) is 2. The van der Waals surface area contributed by atoms with Gasteiger partial charge in [0.25, 0.3) is 5.91 Å². The number of methoxy groups -OCH3 is 2. The van der Waals surface area contributed by atoms with Crippen LogP contribution in [0.25, 0.3) is 5.65 Å². The smallest absolute Gasteiger partial charge is 0.325 e. The first-order valence-corrected chi connectivity index (χ1v) is 13.3. The van der Waals surface area contributed by atoms with Gasteiger partial charge in [0.05, 0.1) is 26.3 Å². The zero-order valence-corrected chi connectivity index (χ0v) is 22.1. The molecule has 0 unspecified atom stereocenters. The Bertz CT molecular complexity index is 1400. The Labute approximate surface area is 222 Å². The summed E-state index contributed by atoms with van der Waals surface area (Å²) in [6, 6.07) is 9.68. The second-order valence-electron chi connectivity index (χ2n) is 10.1. The molecule has 2 aromatic heterocycles. The van der Waals surface area contributed by atoms with E-state index in [-0.39, 0.29) is 11.9 Å². The number of rotatable bonds is 4. The second-order valence-corrected chi connectivity index (χ2v) is 10.1. The van der Waals surface area contributed by atoms with E-state index in [0.717, 1.165) is 46.8 Å². The minimum absolute atomic E-state index is 0.0218. The van der Waals surface area contributed by atoms with Gasteiger partial charge in [0.15, 0.2) is 0 Å². The van der Waals surface area contributed by atoms with E-state index >= 15 is 0 Å². The number of carbonyl (C=O) groups is 2. The van der Waals surface area contributed by atoms with E-state index in [1.807, 2.05) is 62.6 Å². The van der Waals surface area contributed by atoms with Gasteiger partial charge in [-0.3, -0.25) is 9.69 Å². The van der Waals surface area contributed by atoms with Crippen LogP contribution in [0.1, 0.15) is 47.8 Å². The van der Waals surface area contributed by atoms with Crippen LogP contribution in [0.5, 0.6) is 11.5 Å². The van der Waals surface area contributed by atoms with E-state index in [0.29, 0.717) is 44.7 Å². The summed E-state index contributed by atoms with van der Waals surface area (Å²) in [5.41, 5.74) is 4.03. The summed E-state index contributed by atoms with van der Waals surface area (Å²) in [4.78, 5) is 37.5. The lowest BCUT2D eigenvalue weighted by atomic mass is 9.82. The molecule has 2 fully saturated rings. The minimum Gasteiger partial charge on any atom is -0.497 e. The SMILES string of the molecule is CCN1C(=O)N2Cc3cc(OC)cc(OC)c3CC/C=C\2C12CCN(C(=O)c1cn3ccccc3n1)CC2. The zero-order chi connectivity index (χ0) is 26.4. The standard InChI is InChI=1S/C29H33N5O4/c1-4-34-28(36)33-18-20-16-21(37-2)17-24(38-3)22(20)8-7-9-25(33)29(34)11-14-31(15-12-29)27(35)23-19-32-13-6-5-10-26(32)30-23/h5-6,9-10,13,16-17,19H,4,7-8,11-12,14-15,18H2,1-3H3/b25-9-. The molecule has 0 aliphatic carbocycles. The highest BCUT2D eigenvalue weighted by Crippen LogP contribution is 2.46. The Morgan fingerprint density at radius 1 is 1.13 bits per heavy atom. The van der Waals surface area contributed by atoms with Crippen molar-refractivity contribution < 1.29 is 19.1 Å². The van der Waals surface area contributed by atoms with Crippen molar-refractivity contribution in [3.8, 4) is 11.5 Å². The lowest BCUT2D eigenvalue weighted by Gasteiger charge is -2.44. The van der Waals surface area contributed by atoms with Gasteiger partial charge in [-0.1, -0.05) is 12.1 Å². The number of amides is 3. The lowest BCUT2D eigenvalue weighted by molar-refractivity contribution is 0.0571. The molecule has 198 valence electrons. The van der Waals surface area contributed by atoms with Crippen molar-refractivity contribution in [3.63, 3.8) is 0 Å². The van der Waals surface area contributed by atoms with Gasteiger partial charge < -0.3 is 23.7 Å². The highest BCUT2D eigenvalue weighted by Gasteiger charge is 2.54. The lowest BCUT2D eigenvalue weighted by Crippen LogP contribution is -2.54. The summed E-state index contributed by atoms with van der Waals surface area (Å²) in [7, 11) is 3.32. The fraction of sp³-hybridized carbons (Fsp3) is 0.414. The van der Waals surface area contributed by atoms with Gasteiger partial charge in [0, 0.05) is 43.8 Å². The van der Waals surface area contributed by atoms with Crippen molar-refractivity contribution in [3.05, 3.63) is 71.3 Å². The van der Waals surface area contributed by atoms with Crippen LogP contribution in [0.3, 0.4) is 0 Å². The quantitative estimate of drug-likeness (QED) is 0.523. The highest BCUT2D eigenvalue weighted by atomic mass is 16.5. The predicted molar refractivity (Wildman–Crippen MR) is 142 cm³/mol. The molecule has 9 heteroatoms. The van der Waals surface area contributed by atoms with Crippen molar-refractivity contribution in [1.29, 1.82) is 0 Å². The third kappa shape index (κ3) is 3.71. The molecule has 0 atom stereocenters. The first-order chi connectivity index (χ1) is 18.5. The average Bonchev–Trinajstić information content (AvgIpc) is 3.45. The van der Waals surface area contributed by atoms with Crippen LogP contribution < -0.4 is 9.47 Å². The number of allylic oxidation sites excluding steroid dienone is 1. The molecule has 0 N–H and O–H groups in total. The van der Waals surface area contributed by atoms with Gasteiger partial charge in [-0.15, -0.1) is 0 Å². The van der Waals surface area contributed by atoms with Gasteiger partial charge in [-0.05, 0) is 61.9 Å². The number of piperidine rings is 1. The largest absolute Gasteiger partial charge is 0.497 e. The van der Waals surface area contributed by atoms with Gasteiger partial charge in [0.2, 0.25) is 0 Å². The predicted octanol–water partition coefficient (Wildman–Crippen LogP) is 4.11. The second kappa shape index (κ2) is 9.38. The number of benzene rings is 1. The molecule has 1 aromatic carbocycles. The summed E-state index contributed by atoms with van der Waals surface area (Å²) in [5.74, 6) is 1.45. The third-order valence-electron chi connectivity index (χ3n) is 8.31. The summed E-state index contributed by atoms with van der Waals surface area (Å²) >= 11 is 0. The molecule has 2 saturated heterocycles. The van der Waals surface area contributed by atoms with Crippen molar-refractivity contribution >= 4 is 17.6 Å². The van der Waals surface area contributed by atoms with E-state index < -0.39 is 5.54 Å². The zero-order valence-electron chi connectivity index (χ0n) is 22.1. The fourth-order valence-electron chi connectivity index (χ4n) is 6.44. The number of likely N-dealkylation sites (N-methyl/N-ethyl adjacent to an activating group) is 1. The van der Waals surface area contributed by atoms with Crippen LogP contribution in [0.2, 0.25) is 0 Å². The molecule has 9 nitrogen and oxygen atoms in total. The number of pyridine rings is 1. The van der Waals surface area contributed by atoms with E-state index in [2.05, 4.69) is 11.1 Å². The molecule has 3 aliphatic rings. The van der Waals surface area contributed by atoms with Gasteiger partial charge in [0.1, 0.15) is 22.8 Å². The number of aromatic nitrogens is 2. The van der Waals surface area contributed by atoms with E-state index in [1.165, 1.54) is 0 Å². The molecule has 3 aliphatic heterocycles. The maximum atomic E-state index is 13.8. The summed E-state index contributed by atoms with van der Waals surface area (Å²) in [6.07, 6.45) is 8.95. The molecular formula is C29H33N5O4. The Kier molecular flexibility index (Phi) is 6.01. The van der Waals surface area contributed by atoms with Crippen molar-refractivity contribution in [1.82, 2.24) is 24.1 Å². The molecule has 0 bridgehead atoms. The van der Waals surface area contributed by atoms with Crippen molar-refractivity contribution in [2.24, 2.45) is 0 Å². The normalized spacial score (nSPS) is 20.0. The number of likely N-dealkylation sites (tertiary alicyclic amines) is 1. The highest BCUT2D eigenvalue weighted by molar-refractivity contribution is 5.93. The maximum absolute atomic E-state index is 13.8. The van der Waals surface area contributed by atoms with Crippen LogP contribution in [-0.4, -0.2) is 75.4 Å². The Balaban J connectivity index is 1.28. The summed E-state index contributed by atoms with van der Waals surface area (Å²) < 4.78 is 13.1. The Hall–Kier alpha value is -4.01. The molecule has 0 saturated carbocycles. The number of urea groups is 1. The number of hydrogen-bond acceptors (Lipinski definition) is 5. The van der Waals surface area contributed by atoms with Crippen LogP contribution in [-0.2, 0) is 13.0 Å². The van der Waals surface area contributed by atoms with Crippen molar-refractivity contribution in [2.45, 2.75) is 44.7 Å². The monoisotopic (exact) mass is 515 g/mol. The molecule has 1 spiro atoms. The number of fused-ring (bicyclic) bond motifs is 4. The molecule has 38 heavy (non-hydrogen) atoms.